The lowest BCUT2D eigenvalue weighted by Crippen LogP contribution is -2.41. The van der Waals surface area contributed by atoms with E-state index < -0.39 is 12.1 Å². The average Bonchev–Trinajstić information content (AvgIpc) is 3.30. The van der Waals surface area contributed by atoms with Gasteiger partial charge in [0.15, 0.2) is 0 Å². The van der Waals surface area contributed by atoms with E-state index in [-0.39, 0.29) is 11.7 Å². The number of para-hydroxylation sites is 1. The van der Waals surface area contributed by atoms with Crippen molar-refractivity contribution in [2.75, 3.05) is 31.2 Å². The smallest absolute Gasteiger partial charge is 0.413 e. The van der Waals surface area contributed by atoms with Crippen LogP contribution in [0.1, 0.15) is 11.5 Å². The summed E-state index contributed by atoms with van der Waals surface area (Å²) < 4.78 is 62.8. The van der Waals surface area contributed by atoms with Gasteiger partial charge in [0.05, 0.1) is 18.9 Å². The molecule has 0 unspecified atom stereocenters. The lowest BCUT2D eigenvalue weighted by Gasteiger charge is -2.37. The van der Waals surface area contributed by atoms with Gasteiger partial charge >= 0.3 is 12.1 Å². The maximum atomic E-state index is 14.6. The van der Waals surface area contributed by atoms with E-state index in [1.165, 1.54) is 6.07 Å². The van der Waals surface area contributed by atoms with Crippen molar-refractivity contribution in [3.8, 4) is 11.5 Å². The topological polar surface area (TPSA) is 54.6 Å². The molecule has 2 heterocycles. The Kier molecular flexibility index (Phi) is 6.13. The summed E-state index contributed by atoms with van der Waals surface area (Å²) in [6, 6.07) is 13.0. The van der Waals surface area contributed by atoms with Crippen LogP contribution in [0.3, 0.4) is 0 Å². The van der Waals surface area contributed by atoms with Crippen LogP contribution in [0.25, 0.3) is 11.5 Å². The second kappa shape index (κ2) is 8.99. The van der Waals surface area contributed by atoms with Crippen molar-refractivity contribution in [1.82, 2.24) is 15.1 Å². The van der Waals surface area contributed by atoms with Crippen LogP contribution in [0, 0.1) is 5.82 Å². The van der Waals surface area contributed by atoms with Crippen molar-refractivity contribution in [1.29, 1.82) is 0 Å². The van der Waals surface area contributed by atoms with Gasteiger partial charge in [-0.2, -0.15) is 13.2 Å². The molecule has 32 heavy (non-hydrogen) atoms. The summed E-state index contributed by atoms with van der Waals surface area (Å²) in [6.07, 6.45) is -4.70. The fourth-order valence-electron chi connectivity index (χ4n) is 3.37. The molecular formula is C22H20F4N4O2. The zero-order valence-corrected chi connectivity index (χ0v) is 17.0. The molecule has 6 nitrogen and oxygen atoms in total. The summed E-state index contributed by atoms with van der Waals surface area (Å²) in [6.45, 7) is 6.87. The van der Waals surface area contributed by atoms with Crippen molar-refractivity contribution in [2.24, 2.45) is 0 Å². The van der Waals surface area contributed by atoms with Crippen molar-refractivity contribution < 1.29 is 26.7 Å². The van der Waals surface area contributed by atoms with Gasteiger partial charge in [0, 0.05) is 25.2 Å². The molecule has 1 saturated heterocycles. The van der Waals surface area contributed by atoms with Crippen LogP contribution >= 0.6 is 0 Å². The summed E-state index contributed by atoms with van der Waals surface area (Å²) in [7, 11) is 0. The highest BCUT2D eigenvalue weighted by Crippen LogP contribution is 2.31. The predicted octanol–water partition coefficient (Wildman–Crippen LogP) is 4.70. The molecule has 4 rings (SSSR count). The Morgan fingerprint density at radius 2 is 1.72 bits per heavy atom. The van der Waals surface area contributed by atoms with Crippen LogP contribution < -0.4 is 4.90 Å². The normalized spacial score (nSPS) is 14.4. The third kappa shape index (κ3) is 4.75. The zero-order chi connectivity index (χ0) is 22.7. The summed E-state index contributed by atoms with van der Waals surface area (Å²) in [5.74, 6) is -1.38. The molecule has 0 aliphatic carbocycles. The van der Waals surface area contributed by atoms with Crippen molar-refractivity contribution in [2.45, 2.75) is 12.7 Å². The van der Waals surface area contributed by atoms with Gasteiger partial charge in [-0.3, -0.25) is 0 Å². The largest absolute Gasteiger partial charge is 0.470 e. The number of anilines is 1. The van der Waals surface area contributed by atoms with Crippen molar-refractivity contribution >= 4 is 5.69 Å². The molecule has 2 aromatic carbocycles. The van der Waals surface area contributed by atoms with Crippen molar-refractivity contribution in [3.05, 3.63) is 78.2 Å². The maximum absolute atomic E-state index is 14.6. The van der Waals surface area contributed by atoms with Gasteiger partial charge < -0.3 is 19.0 Å². The van der Waals surface area contributed by atoms with Crippen LogP contribution in [-0.4, -0.2) is 41.4 Å². The standard InChI is InChI=1S/C22H20F4N4O2/c1-15(29-10-12-31-13-11-29)30(19-5-3-2-4-18(19)23)14-16-6-8-17(9-7-16)20-27-28-21(32-20)22(24,25)26/h2-9H,1,10-14H2. The van der Waals surface area contributed by atoms with E-state index >= 15 is 0 Å². The van der Waals surface area contributed by atoms with Gasteiger partial charge in [0.2, 0.25) is 5.89 Å². The second-order valence-corrected chi connectivity index (χ2v) is 7.16. The molecule has 0 amide bonds. The van der Waals surface area contributed by atoms with E-state index in [4.69, 9.17) is 9.15 Å². The molecule has 0 saturated carbocycles. The Hall–Kier alpha value is -3.40. The lowest BCUT2D eigenvalue weighted by atomic mass is 10.1. The highest BCUT2D eigenvalue weighted by molar-refractivity contribution is 5.55. The van der Waals surface area contributed by atoms with E-state index in [9.17, 15) is 17.6 Å². The van der Waals surface area contributed by atoms with Gasteiger partial charge in [-0.15, -0.1) is 10.2 Å². The van der Waals surface area contributed by atoms with E-state index in [1.807, 2.05) is 4.90 Å². The van der Waals surface area contributed by atoms with Gasteiger partial charge in [0.1, 0.15) is 11.6 Å². The van der Waals surface area contributed by atoms with Gasteiger partial charge in [-0.1, -0.05) is 30.8 Å². The van der Waals surface area contributed by atoms with Crippen molar-refractivity contribution in [3.63, 3.8) is 0 Å². The number of alkyl halides is 3. The monoisotopic (exact) mass is 448 g/mol. The summed E-state index contributed by atoms with van der Waals surface area (Å²) in [4.78, 5) is 3.80. The molecule has 168 valence electrons. The minimum atomic E-state index is -4.70. The lowest BCUT2D eigenvalue weighted by molar-refractivity contribution is -0.156. The van der Waals surface area contributed by atoms with Crippen LogP contribution in [0.15, 0.2) is 65.3 Å². The van der Waals surface area contributed by atoms with Crippen LogP contribution in [0.2, 0.25) is 0 Å². The third-order valence-corrected chi connectivity index (χ3v) is 5.04. The number of ether oxygens (including phenoxy) is 1. The zero-order valence-electron chi connectivity index (χ0n) is 17.0. The first-order chi connectivity index (χ1) is 15.3. The number of halogens is 4. The predicted molar refractivity (Wildman–Crippen MR) is 109 cm³/mol. The number of aromatic nitrogens is 2. The van der Waals surface area contributed by atoms with E-state index in [1.54, 1.807) is 47.4 Å². The van der Waals surface area contributed by atoms with Gasteiger partial charge in [-0.25, -0.2) is 4.39 Å². The molecular weight excluding hydrogens is 428 g/mol. The van der Waals surface area contributed by atoms with Gasteiger partial charge in [0.25, 0.3) is 0 Å². The summed E-state index contributed by atoms with van der Waals surface area (Å²) in [5.41, 5.74) is 1.52. The molecule has 0 atom stereocenters. The Balaban J connectivity index is 1.57. The fourth-order valence-corrected chi connectivity index (χ4v) is 3.37. The summed E-state index contributed by atoms with van der Waals surface area (Å²) in [5, 5.41) is 6.50. The number of hydrogen-bond donors (Lipinski definition) is 0. The quantitative estimate of drug-likeness (QED) is 0.510. The number of rotatable bonds is 6. The summed E-state index contributed by atoms with van der Waals surface area (Å²) >= 11 is 0. The second-order valence-electron chi connectivity index (χ2n) is 7.16. The molecule has 0 radical (unpaired) electrons. The van der Waals surface area contributed by atoms with Crippen LogP contribution in [0.4, 0.5) is 23.2 Å². The Morgan fingerprint density at radius 1 is 1.03 bits per heavy atom. The highest BCUT2D eigenvalue weighted by atomic mass is 19.4. The first kappa shape index (κ1) is 21.8. The maximum Gasteiger partial charge on any atom is 0.470 e. The first-order valence-electron chi connectivity index (χ1n) is 9.86. The third-order valence-electron chi connectivity index (χ3n) is 5.04. The van der Waals surface area contributed by atoms with E-state index in [0.29, 0.717) is 49.9 Å². The van der Waals surface area contributed by atoms with E-state index in [2.05, 4.69) is 16.8 Å². The first-order valence-corrected chi connectivity index (χ1v) is 9.86. The van der Waals surface area contributed by atoms with Crippen LogP contribution in [0.5, 0.6) is 0 Å². The minimum Gasteiger partial charge on any atom is -0.413 e. The number of hydrogen-bond acceptors (Lipinski definition) is 6. The highest BCUT2D eigenvalue weighted by Gasteiger charge is 2.38. The average molecular weight is 448 g/mol. The fraction of sp³-hybridized carbons (Fsp3) is 0.273. The molecule has 3 aromatic rings. The number of nitrogens with zero attached hydrogens (tertiary/aromatic N) is 4. The molecule has 1 aliphatic heterocycles. The number of benzene rings is 2. The Bertz CT molecular complexity index is 1080. The van der Waals surface area contributed by atoms with Gasteiger partial charge in [-0.05, 0) is 29.8 Å². The molecule has 0 spiro atoms. The molecule has 10 heteroatoms. The molecule has 0 bridgehead atoms. The SMILES string of the molecule is C=C(N1CCOCC1)N(Cc1ccc(-c2nnc(C(F)(F)F)o2)cc1)c1ccccc1F. The minimum absolute atomic E-state index is 0.229. The Morgan fingerprint density at radius 3 is 2.34 bits per heavy atom. The molecule has 1 aromatic heterocycles. The molecule has 1 aliphatic rings. The molecule has 0 N–H and O–H groups in total. The van der Waals surface area contributed by atoms with Crippen LogP contribution in [-0.2, 0) is 17.5 Å². The molecule has 1 fully saturated rings. The Labute approximate surface area is 181 Å². The van der Waals surface area contributed by atoms with E-state index in [0.717, 1.165) is 5.56 Å². The number of morpholine rings is 1.